The van der Waals surface area contributed by atoms with E-state index in [9.17, 15) is 9.59 Å². The molecule has 0 radical (unpaired) electrons. The third-order valence-electron chi connectivity index (χ3n) is 6.13. The van der Waals surface area contributed by atoms with Crippen molar-refractivity contribution in [2.45, 2.75) is 17.1 Å². The fourth-order valence-electron chi connectivity index (χ4n) is 4.08. The number of ether oxygens (including phenoxy) is 1. The number of anilines is 2. The van der Waals surface area contributed by atoms with E-state index >= 15 is 0 Å². The predicted molar refractivity (Wildman–Crippen MR) is 163 cm³/mol. The van der Waals surface area contributed by atoms with E-state index in [0.717, 1.165) is 26.6 Å². The van der Waals surface area contributed by atoms with Gasteiger partial charge in [0.05, 0.1) is 12.8 Å². The van der Waals surface area contributed by atoms with E-state index < -0.39 is 5.25 Å². The van der Waals surface area contributed by atoms with Gasteiger partial charge in [-0.2, -0.15) is 0 Å². The summed E-state index contributed by atoms with van der Waals surface area (Å²) in [4.78, 5) is 32.8. The van der Waals surface area contributed by atoms with Crippen LogP contribution in [0.5, 0.6) is 5.75 Å². The van der Waals surface area contributed by atoms with Crippen LogP contribution in [-0.2, 0) is 4.79 Å². The van der Waals surface area contributed by atoms with E-state index in [1.807, 2.05) is 91.9 Å². The summed E-state index contributed by atoms with van der Waals surface area (Å²) in [6.45, 7) is 2.01. The molecule has 5 aromatic rings. The molecule has 0 aliphatic rings. The lowest BCUT2D eigenvalue weighted by molar-refractivity contribution is -0.115. The highest BCUT2D eigenvalue weighted by atomic mass is 32.2. The van der Waals surface area contributed by atoms with Crippen LogP contribution in [0.2, 0.25) is 0 Å². The minimum atomic E-state index is -0.495. The Bertz CT molecular complexity index is 1590. The van der Waals surface area contributed by atoms with E-state index in [4.69, 9.17) is 9.72 Å². The first-order valence-corrected chi connectivity index (χ1v) is 14.3. The number of aryl methyl sites for hydroxylation is 1. The summed E-state index contributed by atoms with van der Waals surface area (Å²) >= 11 is 2.91. The van der Waals surface area contributed by atoms with E-state index in [0.29, 0.717) is 22.1 Å². The van der Waals surface area contributed by atoms with Crippen molar-refractivity contribution < 1.29 is 14.3 Å². The average Bonchev–Trinajstić information content (AvgIpc) is 3.37. The van der Waals surface area contributed by atoms with Gasteiger partial charge < -0.3 is 15.4 Å². The van der Waals surface area contributed by atoms with Crippen LogP contribution in [0.3, 0.4) is 0 Å². The molecule has 2 N–H and O–H groups in total. The number of nitrogens with one attached hydrogen (secondary N) is 2. The van der Waals surface area contributed by atoms with E-state index in [-0.39, 0.29) is 11.8 Å². The summed E-state index contributed by atoms with van der Waals surface area (Å²) in [5.41, 5.74) is 3.98. The molecular weight excluding hydrogens is 539 g/mol. The molecule has 8 heteroatoms. The van der Waals surface area contributed by atoms with Gasteiger partial charge in [0.25, 0.3) is 5.91 Å². The van der Waals surface area contributed by atoms with Gasteiger partial charge in [0.15, 0.2) is 5.13 Å². The van der Waals surface area contributed by atoms with Gasteiger partial charge in [0.2, 0.25) is 5.91 Å². The smallest absolute Gasteiger partial charge is 0.255 e. The van der Waals surface area contributed by atoms with Crippen LogP contribution in [-0.4, -0.2) is 23.9 Å². The Labute approximate surface area is 241 Å². The number of aromatic nitrogens is 1. The molecule has 0 aliphatic carbocycles. The first kappa shape index (κ1) is 27.2. The van der Waals surface area contributed by atoms with Crippen LogP contribution in [0.1, 0.15) is 26.0 Å². The number of hydrogen-bond acceptors (Lipinski definition) is 6. The maximum atomic E-state index is 13.6. The van der Waals surface area contributed by atoms with Gasteiger partial charge >= 0.3 is 0 Å². The number of hydrogen-bond donors (Lipinski definition) is 2. The largest absolute Gasteiger partial charge is 0.497 e. The second-order valence-electron chi connectivity index (χ2n) is 8.89. The van der Waals surface area contributed by atoms with Gasteiger partial charge in [-0.15, -0.1) is 23.1 Å². The number of carbonyl (C=O) groups is 2. The number of amides is 2. The van der Waals surface area contributed by atoms with Crippen molar-refractivity contribution in [1.82, 2.24) is 4.98 Å². The molecule has 1 aromatic heterocycles. The number of methoxy groups -OCH3 is 1. The molecule has 6 nitrogen and oxygen atoms in total. The molecule has 0 aliphatic heterocycles. The zero-order valence-electron chi connectivity index (χ0n) is 22.0. The topological polar surface area (TPSA) is 80.3 Å². The van der Waals surface area contributed by atoms with Gasteiger partial charge in [-0.3, -0.25) is 9.59 Å². The minimum absolute atomic E-state index is 0.151. The molecule has 1 atom stereocenters. The lowest BCUT2D eigenvalue weighted by Gasteiger charge is -2.16. The average molecular weight is 566 g/mol. The van der Waals surface area contributed by atoms with Crippen molar-refractivity contribution in [2.24, 2.45) is 0 Å². The third-order valence-corrected chi connectivity index (χ3v) is 8.29. The Morgan fingerprint density at radius 3 is 2.12 bits per heavy atom. The molecule has 0 saturated heterocycles. The number of carbonyl (C=O) groups excluding carboxylic acids is 2. The van der Waals surface area contributed by atoms with Crippen LogP contribution in [0.4, 0.5) is 10.8 Å². The number of rotatable bonds is 9. The molecule has 4 aromatic carbocycles. The summed E-state index contributed by atoms with van der Waals surface area (Å²) < 4.78 is 5.15. The Morgan fingerprint density at radius 2 is 1.48 bits per heavy atom. The van der Waals surface area contributed by atoms with Crippen LogP contribution >= 0.6 is 23.1 Å². The number of thioether (sulfide) groups is 1. The van der Waals surface area contributed by atoms with Crippen LogP contribution in [0.25, 0.3) is 11.3 Å². The molecule has 0 saturated carbocycles. The van der Waals surface area contributed by atoms with Gasteiger partial charge in [-0.05, 0) is 61.0 Å². The van der Waals surface area contributed by atoms with Crippen molar-refractivity contribution in [3.05, 3.63) is 125 Å². The van der Waals surface area contributed by atoms with Gasteiger partial charge in [-0.1, -0.05) is 60.7 Å². The monoisotopic (exact) mass is 565 g/mol. The highest BCUT2D eigenvalue weighted by Crippen LogP contribution is 2.38. The second-order valence-corrected chi connectivity index (χ2v) is 11.3. The highest BCUT2D eigenvalue weighted by Gasteiger charge is 2.24. The molecular formula is C32H27N3O3S2. The molecule has 1 unspecified atom stereocenters. The molecule has 0 bridgehead atoms. The van der Waals surface area contributed by atoms with Gasteiger partial charge in [0.1, 0.15) is 11.0 Å². The third kappa shape index (κ3) is 6.59. The van der Waals surface area contributed by atoms with Gasteiger partial charge in [-0.25, -0.2) is 4.98 Å². The van der Waals surface area contributed by atoms with Gasteiger partial charge in [0, 0.05) is 26.6 Å². The first-order chi connectivity index (χ1) is 19.5. The van der Waals surface area contributed by atoms with Crippen molar-refractivity contribution in [1.29, 1.82) is 0 Å². The summed E-state index contributed by atoms with van der Waals surface area (Å²) in [5, 5.41) is 6.02. The Hall–Kier alpha value is -4.40. The summed E-state index contributed by atoms with van der Waals surface area (Å²) in [6.07, 6.45) is 0. The zero-order chi connectivity index (χ0) is 27.9. The zero-order valence-corrected chi connectivity index (χ0v) is 23.6. The number of nitrogens with zero attached hydrogens (tertiary/aromatic N) is 1. The summed E-state index contributed by atoms with van der Waals surface area (Å²) in [6, 6.07) is 34.0. The highest BCUT2D eigenvalue weighted by molar-refractivity contribution is 8.00. The molecule has 40 heavy (non-hydrogen) atoms. The lowest BCUT2D eigenvalue weighted by atomic mass is 10.1. The molecule has 0 fully saturated rings. The van der Waals surface area contributed by atoms with Crippen molar-refractivity contribution in [3.8, 4) is 17.0 Å². The Morgan fingerprint density at radius 1 is 0.825 bits per heavy atom. The number of benzene rings is 4. The maximum Gasteiger partial charge on any atom is 0.255 e. The van der Waals surface area contributed by atoms with Crippen molar-refractivity contribution >= 4 is 45.7 Å². The fraction of sp³-hybridized carbons (Fsp3) is 0.0938. The standard InChI is InChI=1S/C32H27N3O3S2/c1-21-28(22-9-5-3-6-10-22)34-32(39-21)35-31(37)29(23-11-7-4-8-12-23)40-27-19-15-25(16-20-27)33-30(36)24-13-17-26(38-2)18-14-24/h3-20,29H,1-2H3,(H,33,36)(H,34,35,37). The van der Waals surface area contributed by atoms with E-state index in [2.05, 4.69) is 10.6 Å². The Kier molecular flexibility index (Phi) is 8.59. The lowest BCUT2D eigenvalue weighted by Crippen LogP contribution is -2.19. The molecule has 200 valence electrons. The minimum Gasteiger partial charge on any atom is -0.497 e. The maximum absolute atomic E-state index is 13.6. The molecule has 1 heterocycles. The molecule has 5 rings (SSSR count). The SMILES string of the molecule is COc1ccc(C(=O)Nc2ccc(SC(C(=O)Nc3nc(-c4ccccc4)c(C)s3)c3ccccc3)cc2)cc1. The van der Waals surface area contributed by atoms with E-state index in [1.165, 1.54) is 23.1 Å². The first-order valence-electron chi connectivity index (χ1n) is 12.6. The molecule has 0 spiro atoms. The van der Waals surface area contributed by atoms with Crippen LogP contribution in [0.15, 0.2) is 114 Å². The van der Waals surface area contributed by atoms with Crippen molar-refractivity contribution in [3.63, 3.8) is 0 Å². The number of thiazole rings is 1. The van der Waals surface area contributed by atoms with Crippen molar-refractivity contribution in [2.75, 3.05) is 17.7 Å². The Balaban J connectivity index is 1.30. The second kappa shape index (κ2) is 12.6. The van der Waals surface area contributed by atoms with Crippen LogP contribution in [0, 0.1) is 6.92 Å². The van der Waals surface area contributed by atoms with E-state index in [1.54, 1.807) is 31.4 Å². The predicted octanol–water partition coefficient (Wildman–Crippen LogP) is 7.85. The van der Waals surface area contributed by atoms with Crippen LogP contribution < -0.4 is 15.4 Å². The molecule has 2 amide bonds. The quantitative estimate of drug-likeness (QED) is 0.178. The fourth-order valence-corrected chi connectivity index (χ4v) is 5.95. The summed E-state index contributed by atoms with van der Waals surface area (Å²) in [5.74, 6) is 0.330. The normalized spacial score (nSPS) is 11.4. The summed E-state index contributed by atoms with van der Waals surface area (Å²) in [7, 11) is 1.59.